The minimum Gasteiger partial charge on any atom is -0.456 e. The fourth-order valence-electron chi connectivity index (χ4n) is 7.47. The van der Waals surface area contributed by atoms with Crippen LogP contribution in [0.25, 0.3) is 43.8 Å². The number of hydrogen-bond donors (Lipinski definition) is 0. The Labute approximate surface area is 298 Å². The van der Waals surface area contributed by atoms with E-state index in [1.165, 1.54) is 21.9 Å². The summed E-state index contributed by atoms with van der Waals surface area (Å²) in [5.41, 5.74) is 13.0. The van der Waals surface area contributed by atoms with Gasteiger partial charge in [-0.15, -0.1) is 0 Å². The topological polar surface area (TPSA) is 19.6 Å². The van der Waals surface area contributed by atoms with Crippen LogP contribution >= 0.6 is 0 Å². The minimum atomic E-state index is 0.878. The van der Waals surface area contributed by atoms with Gasteiger partial charge in [-0.1, -0.05) is 115 Å². The molecule has 0 unspecified atom stereocenters. The fraction of sp³-hybridized carbons (Fsp3) is 0.0417. The first-order chi connectivity index (χ1) is 25.1. The Morgan fingerprint density at radius 3 is 1.59 bits per heavy atom. The highest BCUT2D eigenvalue weighted by Crippen LogP contribution is 2.47. The molecule has 244 valence electrons. The second kappa shape index (κ2) is 12.7. The van der Waals surface area contributed by atoms with Crippen molar-refractivity contribution in [3.63, 3.8) is 0 Å². The molecule has 0 aliphatic rings. The van der Waals surface area contributed by atoms with Gasteiger partial charge in [0, 0.05) is 44.9 Å². The lowest BCUT2D eigenvalue weighted by atomic mass is 9.95. The minimum absolute atomic E-state index is 0.878. The summed E-state index contributed by atoms with van der Waals surface area (Å²) >= 11 is 0. The summed E-state index contributed by atoms with van der Waals surface area (Å²) in [5.74, 6) is 0. The molecule has 9 aromatic rings. The van der Waals surface area contributed by atoms with Gasteiger partial charge in [-0.2, -0.15) is 0 Å². The van der Waals surface area contributed by atoms with Gasteiger partial charge in [-0.05, 0) is 114 Å². The Morgan fingerprint density at radius 2 is 0.941 bits per heavy atom. The second-order valence-electron chi connectivity index (χ2n) is 13.1. The third kappa shape index (κ3) is 5.40. The Balaban J connectivity index is 1.39. The number of rotatable bonds is 7. The van der Waals surface area contributed by atoms with Crippen LogP contribution in [0.2, 0.25) is 0 Å². The number of para-hydroxylation sites is 4. The zero-order valence-corrected chi connectivity index (χ0v) is 28.6. The molecular formula is C48H36N2O. The van der Waals surface area contributed by atoms with E-state index in [-0.39, 0.29) is 0 Å². The molecule has 0 atom stereocenters. The van der Waals surface area contributed by atoms with Crippen molar-refractivity contribution in [1.82, 2.24) is 0 Å². The van der Waals surface area contributed by atoms with E-state index in [9.17, 15) is 0 Å². The maximum atomic E-state index is 6.57. The highest BCUT2D eigenvalue weighted by molar-refractivity contribution is 6.22. The molecule has 0 bridgehead atoms. The van der Waals surface area contributed by atoms with Crippen LogP contribution in [0.4, 0.5) is 34.1 Å². The molecule has 9 rings (SSSR count). The lowest BCUT2D eigenvalue weighted by molar-refractivity contribution is 0.669. The number of hydrogen-bond acceptors (Lipinski definition) is 3. The van der Waals surface area contributed by atoms with Crippen molar-refractivity contribution >= 4 is 66.8 Å². The highest BCUT2D eigenvalue weighted by atomic mass is 16.3. The van der Waals surface area contributed by atoms with Crippen molar-refractivity contribution in [2.45, 2.75) is 13.8 Å². The molecule has 0 amide bonds. The van der Waals surface area contributed by atoms with Crippen LogP contribution in [0.1, 0.15) is 11.1 Å². The van der Waals surface area contributed by atoms with E-state index >= 15 is 0 Å². The van der Waals surface area contributed by atoms with Crippen LogP contribution in [0, 0.1) is 13.8 Å². The Morgan fingerprint density at radius 1 is 0.392 bits per heavy atom. The SMILES string of the molecule is Cc1ccccc1N(c1cc(-c2cccc3oc4ccc5ccccc5c4c23)cc(N(c2ccccc2)c2ccccc2)c1)c1ccccc1C. The molecule has 1 heterocycles. The quantitative estimate of drug-likeness (QED) is 0.170. The lowest BCUT2D eigenvalue weighted by Gasteiger charge is -2.31. The van der Waals surface area contributed by atoms with Gasteiger partial charge in [-0.25, -0.2) is 0 Å². The van der Waals surface area contributed by atoms with E-state index in [0.29, 0.717) is 0 Å². The van der Waals surface area contributed by atoms with Gasteiger partial charge >= 0.3 is 0 Å². The number of anilines is 6. The predicted octanol–water partition coefficient (Wildman–Crippen LogP) is 14.0. The number of aryl methyl sites for hydroxylation is 2. The van der Waals surface area contributed by atoms with E-state index in [1.54, 1.807) is 0 Å². The average molecular weight is 657 g/mol. The van der Waals surface area contributed by atoms with Gasteiger partial charge in [0.25, 0.3) is 0 Å². The number of nitrogens with zero attached hydrogens (tertiary/aromatic N) is 2. The zero-order chi connectivity index (χ0) is 34.3. The standard InChI is InChI=1S/C48H36N2O/c1-33-16-9-13-25-43(33)50(44-26-14-10-17-34(44)2)40-31-36(30-39(32-40)49(37-19-5-3-6-20-37)38-21-7-4-8-22-38)42-24-15-27-45-48(42)47-41-23-12-11-18-35(41)28-29-46(47)51-45/h3-32H,1-2H3. The molecule has 0 aliphatic carbocycles. The highest BCUT2D eigenvalue weighted by Gasteiger charge is 2.22. The molecule has 1 aromatic heterocycles. The van der Waals surface area contributed by atoms with E-state index in [4.69, 9.17) is 4.42 Å². The van der Waals surface area contributed by atoms with Crippen LogP contribution < -0.4 is 9.80 Å². The number of furan rings is 1. The van der Waals surface area contributed by atoms with Crippen LogP contribution in [0.5, 0.6) is 0 Å². The Bertz CT molecular complexity index is 2590. The van der Waals surface area contributed by atoms with Crippen molar-refractivity contribution in [2.24, 2.45) is 0 Å². The smallest absolute Gasteiger partial charge is 0.136 e. The molecule has 0 saturated heterocycles. The van der Waals surface area contributed by atoms with Crippen LogP contribution in [0.15, 0.2) is 186 Å². The van der Waals surface area contributed by atoms with Crippen molar-refractivity contribution in [3.05, 3.63) is 193 Å². The van der Waals surface area contributed by atoms with Crippen LogP contribution in [-0.4, -0.2) is 0 Å². The molecule has 3 heteroatoms. The van der Waals surface area contributed by atoms with Crippen LogP contribution in [-0.2, 0) is 0 Å². The van der Waals surface area contributed by atoms with E-state index < -0.39 is 0 Å². The van der Waals surface area contributed by atoms with E-state index in [1.807, 2.05) is 0 Å². The maximum Gasteiger partial charge on any atom is 0.136 e. The zero-order valence-electron chi connectivity index (χ0n) is 28.6. The van der Waals surface area contributed by atoms with Gasteiger partial charge in [-0.3, -0.25) is 0 Å². The van der Waals surface area contributed by atoms with E-state index in [0.717, 1.165) is 67.2 Å². The van der Waals surface area contributed by atoms with Crippen LogP contribution in [0.3, 0.4) is 0 Å². The van der Waals surface area contributed by atoms with Crippen molar-refractivity contribution < 1.29 is 4.42 Å². The second-order valence-corrected chi connectivity index (χ2v) is 13.1. The molecule has 3 nitrogen and oxygen atoms in total. The monoisotopic (exact) mass is 656 g/mol. The Hall–Kier alpha value is -6.58. The number of fused-ring (bicyclic) bond motifs is 5. The molecule has 0 aliphatic heterocycles. The molecule has 0 radical (unpaired) electrons. The molecule has 0 saturated carbocycles. The third-order valence-electron chi connectivity index (χ3n) is 9.86. The summed E-state index contributed by atoms with van der Waals surface area (Å²) in [6, 6.07) is 64.8. The molecule has 0 fully saturated rings. The van der Waals surface area contributed by atoms with Gasteiger partial charge in [0.15, 0.2) is 0 Å². The van der Waals surface area contributed by atoms with Crippen molar-refractivity contribution in [3.8, 4) is 11.1 Å². The third-order valence-corrected chi connectivity index (χ3v) is 9.86. The predicted molar refractivity (Wildman–Crippen MR) is 216 cm³/mol. The summed E-state index contributed by atoms with van der Waals surface area (Å²) in [6.07, 6.45) is 0. The maximum absolute atomic E-state index is 6.57. The van der Waals surface area contributed by atoms with Gasteiger partial charge < -0.3 is 14.2 Å². The first-order valence-corrected chi connectivity index (χ1v) is 17.4. The first kappa shape index (κ1) is 30.5. The summed E-state index contributed by atoms with van der Waals surface area (Å²) in [6.45, 7) is 4.38. The first-order valence-electron chi connectivity index (χ1n) is 17.4. The average Bonchev–Trinajstić information content (AvgIpc) is 3.57. The molecular weight excluding hydrogens is 621 g/mol. The fourth-order valence-corrected chi connectivity index (χ4v) is 7.47. The summed E-state index contributed by atoms with van der Waals surface area (Å²) < 4.78 is 6.57. The van der Waals surface area contributed by atoms with E-state index in [2.05, 4.69) is 206 Å². The largest absolute Gasteiger partial charge is 0.456 e. The van der Waals surface area contributed by atoms with Crippen molar-refractivity contribution in [2.75, 3.05) is 9.80 Å². The molecule has 8 aromatic carbocycles. The normalized spacial score (nSPS) is 11.3. The van der Waals surface area contributed by atoms with Gasteiger partial charge in [0.05, 0.1) is 0 Å². The number of benzene rings is 8. The lowest BCUT2D eigenvalue weighted by Crippen LogP contribution is -2.15. The Kier molecular flexibility index (Phi) is 7.59. The van der Waals surface area contributed by atoms with Gasteiger partial charge in [0.2, 0.25) is 0 Å². The summed E-state index contributed by atoms with van der Waals surface area (Å²) in [4.78, 5) is 4.76. The van der Waals surface area contributed by atoms with Crippen molar-refractivity contribution in [1.29, 1.82) is 0 Å². The molecule has 51 heavy (non-hydrogen) atoms. The summed E-state index contributed by atoms with van der Waals surface area (Å²) in [7, 11) is 0. The molecule has 0 spiro atoms. The van der Waals surface area contributed by atoms with Gasteiger partial charge in [0.1, 0.15) is 11.2 Å². The summed E-state index contributed by atoms with van der Waals surface area (Å²) in [5, 5.41) is 4.65. The molecule has 0 N–H and O–H groups in total.